The molecule has 0 spiro atoms. The molecule has 0 bridgehead atoms. The van der Waals surface area contributed by atoms with E-state index in [1.165, 1.54) is 0 Å². The maximum absolute atomic E-state index is 11.2. The summed E-state index contributed by atoms with van der Waals surface area (Å²) in [6, 6.07) is 0. The fraction of sp³-hybridized carbons (Fsp3) is 1.00. The first-order valence-corrected chi connectivity index (χ1v) is 3.15. The van der Waals surface area contributed by atoms with Crippen molar-refractivity contribution in [3.05, 3.63) is 0 Å². The first-order chi connectivity index (χ1) is 3.56. The molecule has 0 aromatic rings. The molecule has 0 aromatic heterocycles. The van der Waals surface area contributed by atoms with Gasteiger partial charge in [0.2, 0.25) is 0 Å². The molecule has 50 valence electrons. The summed E-state index contributed by atoms with van der Waals surface area (Å²) < 4.78 is 33.7. The molecule has 0 N–H and O–H groups in total. The van der Waals surface area contributed by atoms with Gasteiger partial charge in [0.15, 0.2) is 0 Å². The zero-order valence-corrected chi connectivity index (χ0v) is 5.49. The van der Waals surface area contributed by atoms with Gasteiger partial charge < -0.3 is 0 Å². The Kier molecular flexibility index (Phi) is 3.38. The molecule has 0 aliphatic heterocycles. The quantitative estimate of drug-likeness (QED) is 0.521. The fourth-order valence-electron chi connectivity index (χ4n) is 0.303. The van der Waals surface area contributed by atoms with Gasteiger partial charge in [-0.15, -0.1) is 9.24 Å². The van der Waals surface area contributed by atoms with Crippen LogP contribution in [0, 0.1) is 0 Å². The van der Waals surface area contributed by atoms with Crippen LogP contribution < -0.4 is 0 Å². The van der Waals surface area contributed by atoms with Crippen molar-refractivity contribution in [2.45, 2.75) is 19.0 Å². The van der Waals surface area contributed by atoms with Gasteiger partial charge in [-0.05, 0) is 12.6 Å². The standard InChI is InChI=1S/C4H8F3P/c5-4(6,7)2-1-3-8/h1-3,8H2. The average Bonchev–Trinajstić information content (AvgIpc) is 1.59. The summed E-state index contributed by atoms with van der Waals surface area (Å²) in [4.78, 5) is 0. The Bertz CT molecular complexity index is 58.8. The van der Waals surface area contributed by atoms with Crippen LogP contribution in [-0.2, 0) is 0 Å². The lowest BCUT2D eigenvalue weighted by atomic mass is 10.3. The largest absolute Gasteiger partial charge is 0.389 e. The third-order valence-electron chi connectivity index (χ3n) is 0.664. The van der Waals surface area contributed by atoms with E-state index in [1.807, 2.05) is 0 Å². The zero-order chi connectivity index (χ0) is 6.62. The van der Waals surface area contributed by atoms with Crippen molar-refractivity contribution < 1.29 is 13.2 Å². The first-order valence-electron chi connectivity index (χ1n) is 2.33. The highest BCUT2D eigenvalue weighted by Gasteiger charge is 2.25. The van der Waals surface area contributed by atoms with Gasteiger partial charge in [0.1, 0.15) is 0 Å². The van der Waals surface area contributed by atoms with E-state index in [0.717, 1.165) is 0 Å². The summed E-state index contributed by atoms with van der Waals surface area (Å²) >= 11 is 0. The maximum atomic E-state index is 11.2. The second kappa shape index (κ2) is 3.29. The van der Waals surface area contributed by atoms with Crippen molar-refractivity contribution in [2.75, 3.05) is 6.16 Å². The van der Waals surface area contributed by atoms with Crippen LogP contribution in [0.3, 0.4) is 0 Å². The van der Waals surface area contributed by atoms with Gasteiger partial charge >= 0.3 is 6.18 Å². The molecule has 1 atom stereocenters. The lowest BCUT2D eigenvalue weighted by Crippen LogP contribution is -2.06. The number of rotatable bonds is 2. The van der Waals surface area contributed by atoms with Crippen LogP contribution in [0.2, 0.25) is 0 Å². The van der Waals surface area contributed by atoms with Crippen molar-refractivity contribution in [2.24, 2.45) is 0 Å². The Hall–Kier alpha value is 0.220. The van der Waals surface area contributed by atoms with Crippen molar-refractivity contribution >= 4 is 9.24 Å². The van der Waals surface area contributed by atoms with E-state index < -0.39 is 12.6 Å². The molecule has 0 saturated heterocycles. The molecule has 0 heterocycles. The summed E-state index contributed by atoms with van der Waals surface area (Å²) in [6.07, 6.45) is -3.87. The van der Waals surface area contributed by atoms with Crippen LogP contribution in [0.1, 0.15) is 12.8 Å². The van der Waals surface area contributed by atoms with E-state index in [1.54, 1.807) is 0 Å². The molecule has 0 fully saturated rings. The molecule has 8 heavy (non-hydrogen) atoms. The monoisotopic (exact) mass is 144 g/mol. The highest BCUT2D eigenvalue weighted by Crippen LogP contribution is 2.21. The Balaban J connectivity index is 3.11. The van der Waals surface area contributed by atoms with Crippen LogP contribution >= 0.6 is 9.24 Å². The van der Waals surface area contributed by atoms with Gasteiger partial charge in [-0.2, -0.15) is 13.2 Å². The third kappa shape index (κ3) is 6.22. The lowest BCUT2D eigenvalue weighted by Gasteiger charge is -2.02. The Morgan fingerprint density at radius 1 is 1.25 bits per heavy atom. The number of alkyl halides is 3. The van der Waals surface area contributed by atoms with E-state index in [-0.39, 0.29) is 6.42 Å². The van der Waals surface area contributed by atoms with E-state index in [4.69, 9.17) is 0 Å². The Morgan fingerprint density at radius 3 is 1.88 bits per heavy atom. The SMILES string of the molecule is FC(F)(F)CCCP. The van der Waals surface area contributed by atoms with Crippen LogP contribution in [0.5, 0.6) is 0 Å². The first kappa shape index (κ1) is 8.22. The van der Waals surface area contributed by atoms with E-state index >= 15 is 0 Å². The van der Waals surface area contributed by atoms with E-state index in [2.05, 4.69) is 9.24 Å². The van der Waals surface area contributed by atoms with Gasteiger partial charge in [0.25, 0.3) is 0 Å². The molecule has 0 amide bonds. The predicted octanol–water partition coefficient (Wildman–Crippen LogP) is 2.20. The van der Waals surface area contributed by atoms with Crippen molar-refractivity contribution in [1.29, 1.82) is 0 Å². The molecule has 0 nitrogen and oxygen atoms in total. The molecule has 0 saturated carbocycles. The average molecular weight is 144 g/mol. The van der Waals surface area contributed by atoms with Crippen LogP contribution in [0.4, 0.5) is 13.2 Å². The summed E-state index contributed by atoms with van der Waals surface area (Å²) in [7, 11) is 2.26. The minimum absolute atomic E-state index is 0.216. The molecular formula is C4H8F3P. The topological polar surface area (TPSA) is 0 Å². The van der Waals surface area contributed by atoms with Gasteiger partial charge in [0.05, 0.1) is 0 Å². The molecular weight excluding hydrogens is 136 g/mol. The van der Waals surface area contributed by atoms with Crippen LogP contribution in [-0.4, -0.2) is 12.3 Å². The zero-order valence-electron chi connectivity index (χ0n) is 4.33. The molecule has 4 heteroatoms. The second-order valence-corrected chi connectivity index (χ2v) is 2.08. The lowest BCUT2D eigenvalue weighted by molar-refractivity contribution is -0.134. The van der Waals surface area contributed by atoms with E-state index in [9.17, 15) is 13.2 Å². The summed E-state index contributed by atoms with van der Waals surface area (Å²) in [5.74, 6) is 0. The highest BCUT2D eigenvalue weighted by molar-refractivity contribution is 7.16. The molecule has 0 aliphatic rings. The number of hydrogen-bond donors (Lipinski definition) is 0. The van der Waals surface area contributed by atoms with Crippen molar-refractivity contribution in [3.8, 4) is 0 Å². The molecule has 0 aliphatic carbocycles. The van der Waals surface area contributed by atoms with Crippen molar-refractivity contribution in [1.82, 2.24) is 0 Å². The van der Waals surface area contributed by atoms with Crippen LogP contribution in [0.15, 0.2) is 0 Å². The summed E-state index contributed by atoms with van der Waals surface area (Å²) in [5.41, 5.74) is 0. The predicted molar refractivity (Wildman–Crippen MR) is 29.9 cm³/mol. The third-order valence-corrected chi connectivity index (χ3v) is 1.07. The maximum Gasteiger partial charge on any atom is 0.389 e. The molecule has 1 unspecified atom stereocenters. The fourth-order valence-corrected chi connectivity index (χ4v) is 0.507. The van der Waals surface area contributed by atoms with Crippen LogP contribution in [0.25, 0.3) is 0 Å². The Labute approximate surface area is 48.7 Å². The molecule has 0 radical (unpaired) electrons. The summed E-state index contributed by atoms with van der Waals surface area (Å²) in [6.45, 7) is 0. The van der Waals surface area contributed by atoms with Gasteiger partial charge in [0, 0.05) is 6.42 Å². The molecule has 0 rings (SSSR count). The summed E-state index contributed by atoms with van der Waals surface area (Å²) in [5, 5.41) is 0. The second-order valence-electron chi connectivity index (χ2n) is 1.51. The normalized spacial score (nSPS) is 12.0. The minimum Gasteiger partial charge on any atom is -0.171 e. The van der Waals surface area contributed by atoms with Gasteiger partial charge in [-0.3, -0.25) is 0 Å². The van der Waals surface area contributed by atoms with Gasteiger partial charge in [-0.1, -0.05) is 0 Å². The highest BCUT2D eigenvalue weighted by atomic mass is 31.0. The number of hydrogen-bond acceptors (Lipinski definition) is 0. The number of halogens is 3. The van der Waals surface area contributed by atoms with E-state index in [0.29, 0.717) is 6.16 Å². The Morgan fingerprint density at radius 2 is 1.75 bits per heavy atom. The van der Waals surface area contributed by atoms with Gasteiger partial charge in [-0.25, -0.2) is 0 Å². The molecule has 0 aromatic carbocycles. The minimum atomic E-state index is -3.96. The van der Waals surface area contributed by atoms with Crippen molar-refractivity contribution in [3.63, 3.8) is 0 Å². The smallest absolute Gasteiger partial charge is 0.171 e.